The van der Waals surface area contributed by atoms with Gasteiger partial charge in [-0.15, -0.1) is 0 Å². The fourth-order valence-corrected chi connectivity index (χ4v) is 5.41. The average molecular weight is 444 g/mol. The van der Waals surface area contributed by atoms with Gasteiger partial charge in [0.25, 0.3) is 5.91 Å². The van der Waals surface area contributed by atoms with Gasteiger partial charge in [0, 0.05) is 18.8 Å². The number of carbonyl (C=O) groups is 2. The minimum atomic E-state index is -3.82. The second kappa shape index (κ2) is 8.68. The molecule has 0 saturated carbocycles. The molecular formula is C22H25N3O5S. The van der Waals surface area contributed by atoms with Gasteiger partial charge in [0.2, 0.25) is 15.9 Å². The molecule has 4 rings (SSSR count). The maximum atomic E-state index is 13.2. The molecule has 0 aromatic heterocycles. The standard InChI is InChI=1S/C22H25N3O5S/c1-2-15-5-3-7-17(11-15)23-22(27)16-6-4-10-25(13-16)31(28,29)18-8-9-20-19(12-18)24-21(26)14-30-20/h3,5,7-9,11-12,16H,2,4,6,10,13-14H2,1H3,(H,23,27)(H,24,26)/t16-/m1/s1. The van der Waals surface area contributed by atoms with Crippen LogP contribution in [0, 0.1) is 5.92 Å². The molecule has 8 nitrogen and oxygen atoms in total. The molecule has 164 valence electrons. The van der Waals surface area contributed by atoms with Gasteiger partial charge < -0.3 is 15.4 Å². The monoisotopic (exact) mass is 443 g/mol. The molecule has 2 aromatic rings. The van der Waals surface area contributed by atoms with E-state index in [1.54, 1.807) is 0 Å². The van der Waals surface area contributed by atoms with Crippen LogP contribution in [0.3, 0.4) is 0 Å². The predicted molar refractivity (Wildman–Crippen MR) is 116 cm³/mol. The van der Waals surface area contributed by atoms with Crippen molar-refractivity contribution >= 4 is 33.2 Å². The molecule has 1 atom stereocenters. The van der Waals surface area contributed by atoms with E-state index in [4.69, 9.17) is 4.74 Å². The van der Waals surface area contributed by atoms with Gasteiger partial charge in [-0.25, -0.2) is 8.42 Å². The number of sulfonamides is 1. The number of anilines is 2. The van der Waals surface area contributed by atoms with E-state index >= 15 is 0 Å². The second-order valence-corrected chi connectivity index (χ2v) is 9.68. The largest absolute Gasteiger partial charge is 0.482 e. The van der Waals surface area contributed by atoms with Crippen LogP contribution in [0.1, 0.15) is 25.3 Å². The van der Waals surface area contributed by atoms with Gasteiger partial charge in [-0.2, -0.15) is 4.31 Å². The lowest BCUT2D eigenvalue weighted by Gasteiger charge is -2.31. The number of hydrogen-bond donors (Lipinski definition) is 2. The number of aryl methyl sites for hydroxylation is 1. The molecule has 1 fully saturated rings. The van der Waals surface area contributed by atoms with Crippen LogP contribution in [-0.2, 0) is 26.0 Å². The molecule has 9 heteroatoms. The van der Waals surface area contributed by atoms with E-state index in [1.807, 2.05) is 31.2 Å². The van der Waals surface area contributed by atoms with Crippen molar-refractivity contribution < 1.29 is 22.7 Å². The molecule has 0 unspecified atom stereocenters. The number of benzene rings is 2. The third-order valence-corrected chi connectivity index (χ3v) is 7.44. The third-order valence-electron chi connectivity index (χ3n) is 5.58. The van der Waals surface area contributed by atoms with Crippen LogP contribution in [0.5, 0.6) is 5.75 Å². The molecule has 1 saturated heterocycles. The fourth-order valence-electron chi connectivity index (χ4n) is 3.86. The number of piperidine rings is 1. The Hall–Kier alpha value is -2.91. The van der Waals surface area contributed by atoms with Crippen molar-refractivity contribution in [2.24, 2.45) is 5.92 Å². The zero-order valence-corrected chi connectivity index (χ0v) is 18.1. The lowest BCUT2D eigenvalue weighted by molar-refractivity contribution is -0.121. The van der Waals surface area contributed by atoms with Gasteiger partial charge in [-0.3, -0.25) is 9.59 Å². The quantitative estimate of drug-likeness (QED) is 0.739. The minimum absolute atomic E-state index is 0.0637. The minimum Gasteiger partial charge on any atom is -0.482 e. The summed E-state index contributed by atoms with van der Waals surface area (Å²) in [6.45, 7) is 2.41. The second-order valence-electron chi connectivity index (χ2n) is 7.74. The maximum absolute atomic E-state index is 13.2. The highest BCUT2D eigenvalue weighted by Gasteiger charge is 2.34. The topological polar surface area (TPSA) is 105 Å². The van der Waals surface area contributed by atoms with E-state index in [-0.39, 0.29) is 29.9 Å². The van der Waals surface area contributed by atoms with Gasteiger partial charge in [0.05, 0.1) is 16.5 Å². The number of carbonyl (C=O) groups excluding carboxylic acids is 2. The first-order valence-electron chi connectivity index (χ1n) is 10.3. The van der Waals surface area contributed by atoms with Crippen molar-refractivity contribution in [2.75, 3.05) is 30.3 Å². The molecule has 2 amide bonds. The first kappa shape index (κ1) is 21.3. The van der Waals surface area contributed by atoms with E-state index in [0.717, 1.165) is 17.7 Å². The van der Waals surface area contributed by atoms with E-state index in [1.165, 1.54) is 22.5 Å². The number of ether oxygens (including phenoxy) is 1. The Balaban J connectivity index is 1.49. The van der Waals surface area contributed by atoms with E-state index in [0.29, 0.717) is 30.8 Å². The van der Waals surface area contributed by atoms with Crippen LogP contribution in [0.2, 0.25) is 0 Å². The summed E-state index contributed by atoms with van der Waals surface area (Å²) in [7, 11) is -3.82. The molecule has 2 aliphatic rings. The summed E-state index contributed by atoms with van der Waals surface area (Å²) in [4.78, 5) is 24.4. The lowest BCUT2D eigenvalue weighted by atomic mass is 9.98. The van der Waals surface area contributed by atoms with E-state index < -0.39 is 15.9 Å². The van der Waals surface area contributed by atoms with Crippen LogP contribution >= 0.6 is 0 Å². The Morgan fingerprint density at radius 1 is 1.26 bits per heavy atom. The molecule has 31 heavy (non-hydrogen) atoms. The molecule has 0 spiro atoms. The van der Waals surface area contributed by atoms with Crippen LogP contribution < -0.4 is 15.4 Å². The van der Waals surface area contributed by atoms with Crippen molar-refractivity contribution in [2.45, 2.75) is 31.1 Å². The number of hydrogen-bond acceptors (Lipinski definition) is 5. The normalized spacial score (nSPS) is 19.1. The first-order valence-corrected chi connectivity index (χ1v) is 11.8. The predicted octanol–water partition coefficient (Wildman–Crippen LogP) is 2.62. The molecule has 2 heterocycles. The van der Waals surface area contributed by atoms with Gasteiger partial charge in [-0.1, -0.05) is 19.1 Å². The molecular weight excluding hydrogens is 418 g/mol. The number of nitrogens with zero attached hydrogens (tertiary/aromatic N) is 1. The Morgan fingerprint density at radius 3 is 2.90 bits per heavy atom. The molecule has 2 N–H and O–H groups in total. The van der Waals surface area contributed by atoms with Crippen LogP contribution in [0.25, 0.3) is 0 Å². The average Bonchev–Trinajstić information content (AvgIpc) is 2.78. The zero-order chi connectivity index (χ0) is 22.0. The Morgan fingerprint density at radius 2 is 2.10 bits per heavy atom. The first-order chi connectivity index (χ1) is 14.9. The zero-order valence-electron chi connectivity index (χ0n) is 17.3. The Kier molecular flexibility index (Phi) is 5.97. The number of rotatable bonds is 5. The van der Waals surface area contributed by atoms with E-state index in [9.17, 15) is 18.0 Å². The molecule has 0 aliphatic carbocycles. The van der Waals surface area contributed by atoms with Crippen molar-refractivity contribution in [1.82, 2.24) is 4.31 Å². The number of fused-ring (bicyclic) bond motifs is 1. The summed E-state index contributed by atoms with van der Waals surface area (Å²) in [5.41, 5.74) is 2.17. The maximum Gasteiger partial charge on any atom is 0.262 e. The Labute approximate surface area is 181 Å². The van der Waals surface area contributed by atoms with Gasteiger partial charge in [0.15, 0.2) is 6.61 Å². The summed E-state index contributed by atoms with van der Waals surface area (Å²) in [5, 5.41) is 5.55. The highest BCUT2D eigenvalue weighted by Crippen LogP contribution is 2.32. The summed E-state index contributed by atoms with van der Waals surface area (Å²) >= 11 is 0. The van der Waals surface area contributed by atoms with Crippen molar-refractivity contribution in [1.29, 1.82) is 0 Å². The molecule has 2 aliphatic heterocycles. The van der Waals surface area contributed by atoms with Crippen LogP contribution in [-0.4, -0.2) is 44.2 Å². The summed E-state index contributed by atoms with van der Waals surface area (Å²) < 4.78 is 33.1. The SMILES string of the molecule is CCc1cccc(NC(=O)[C@@H]2CCCN(S(=O)(=O)c3ccc4c(c3)NC(=O)CO4)C2)c1. The number of amides is 2. The third kappa shape index (κ3) is 4.57. The van der Waals surface area contributed by atoms with Crippen LogP contribution in [0.15, 0.2) is 47.4 Å². The van der Waals surface area contributed by atoms with Gasteiger partial charge in [-0.05, 0) is 55.2 Å². The van der Waals surface area contributed by atoms with Crippen LogP contribution in [0.4, 0.5) is 11.4 Å². The summed E-state index contributed by atoms with van der Waals surface area (Å²) in [6, 6.07) is 12.1. The van der Waals surface area contributed by atoms with Crippen molar-refractivity contribution in [3.05, 3.63) is 48.0 Å². The van der Waals surface area contributed by atoms with Crippen molar-refractivity contribution in [3.8, 4) is 5.75 Å². The van der Waals surface area contributed by atoms with E-state index in [2.05, 4.69) is 10.6 Å². The highest BCUT2D eigenvalue weighted by atomic mass is 32.2. The fraction of sp³-hybridized carbons (Fsp3) is 0.364. The molecule has 0 bridgehead atoms. The number of nitrogens with one attached hydrogen (secondary N) is 2. The van der Waals surface area contributed by atoms with Gasteiger partial charge in [0.1, 0.15) is 5.75 Å². The van der Waals surface area contributed by atoms with Crippen molar-refractivity contribution in [3.63, 3.8) is 0 Å². The summed E-state index contributed by atoms with van der Waals surface area (Å²) in [6.07, 6.45) is 2.09. The smallest absolute Gasteiger partial charge is 0.262 e. The highest BCUT2D eigenvalue weighted by molar-refractivity contribution is 7.89. The lowest BCUT2D eigenvalue weighted by Crippen LogP contribution is -2.43. The van der Waals surface area contributed by atoms with Gasteiger partial charge >= 0.3 is 0 Å². The Bertz CT molecular complexity index is 1120. The molecule has 2 aromatic carbocycles. The molecule has 0 radical (unpaired) electrons. The summed E-state index contributed by atoms with van der Waals surface area (Å²) in [5.74, 6) is -0.513.